The standard InChI is InChI=1S/C10H10N2O/c1-2-9-10(12-7-13-9)8-5-3-4-6-11-8/h3-7H,2H2,1H3. The smallest absolute Gasteiger partial charge is 0.181 e. The van der Waals surface area contributed by atoms with Crippen molar-refractivity contribution >= 4 is 0 Å². The Morgan fingerprint density at radius 2 is 2.23 bits per heavy atom. The van der Waals surface area contributed by atoms with E-state index < -0.39 is 0 Å². The van der Waals surface area contributed by atoms with Crippen molar-refractivity contribution < 1.29 is 4.42 Å². The summed E-state index contributed by atoms with van der Waals surface area (Å²) in [5, 5.41) is 0. The fraction of sp³-hybridized carbons (Fsp3) is 0.200. The van der Waals surface area contributed by atoms with Gasteiger partial charge in [-0.25, -0.2) is 4.98 Å². The fourth-order valence-electron chi connectivity index (χ4n) is 1.23. The summed E-state index contributed by atoms with van der Waals surface area (Å²) in [5.41, 5.74) is 1.72. The zero-order valence-corrected chi connectivity index (χ0v) is 7.40. The number of hydrogen-bond donors (Lipinski definition) is 0. The van der Waals surface area contributed by atoms with Gasteiger partial charge >= 0.3 is 0 Å². The van der Waals surface area contributed by atoms with Crippen molar-refractivity contribution in [2.45, 2.75) is 13.3 Å². The predicted molar refractivity (Wildman–Crippen MR) is 49.1 cm³/mol. The van der Waals surface area contributed by atoms with Gasteiger partial charge in [-0.2, -0.15) is 0 Å². The molecule has 0 fully saturated rings. The van der Waals surface area contributed by atoms with Crippen molar-refractivity contribution in [3.8, 4) is 11.4 Å². The van der Waals surface area contributed by atoms with Gasteiger partial charge < -0.3 is 4.42 Å². The van der Waals surface area contributed by atoms with Gasteiger partial charge in [-0.1, -0.05) is 13.0 Å². The molecule has 0 amide bonds. The van der Waals surface area contributed by atoms with Gasteiger partial charge in [0.05, 0.1) is 5.69 Å². The monoisotopic (exact) mass is 174 g/mol. The molecular weight excluding hydrogens is 164 g/mol. The van der Waals surface area contributed by atoms with Crippen molar-refractivity contribution in [1.82, 2.24) is 9.97 Å². The molecule has 0 unspecified atom stereocenters. The molecule has 0 N–H and O–H groups in total. The Kier molecular flexibility index (Phi) is 2.08. The lowest BCUT2D eigenvalue weighted by Gasteiger charge is -1.96. The first-order chi connectivity index (χ1) is 6.42. The van der Waals surface area contributed by atoms with Crippen LogP contribution in [0, 0.1) is 0 Å². The first-order valence-electron chi connectivity index (χ1n) is 4.25. The molecule has 0 aromatic carbocycles. The maximum atomic E-state index is 5.22. The van der Waals surface area contributed by atoms with Crippen LogP contribution in [0.25, 0.3) is 11.4 Å². The highest BCUT2D eigenvalue weighted by molar-refractivity contribution is 5.55. The maximum absolute atomic E-state index is 5.22. The van der Waals surface area contributed by atoms with E-state index in [0.717, 1.165) is 23.6 Å². The van der Waals surface area contributed by atoms with Crippen LogP contribution in [0.1, 0.15) is 12.7 Å². The third-order valence-electron chi connectivity index (χ3n) is 1.87. The van der Waals surface area contributed by atoms with E-state index in [1.165, 1.54) is 6.39 Å². The normalized spacial score (nSPS) is 10.2. The van der Waals surface area contributed by atoms with E-state index in [4.69, 9.17) is 4.42 Å². The molecule has 3 nitrogen and oxygen atoms in total. The molecule has 2 heterocycles. The molecule has 2 aromatic rings. The average molecular weight is 174 g/mol. The Bertz CT molecular complexity index is 381. The largest absolute Gasteiger partial charge is 0.448 e. The summed E-state index contributed by atoms with van der Waals surface area (Å²) in [6, 6.07) is 5.75. The highest BCUT2D eigenvalue weighted by Crippen LogP contribution is 2.19. The number of nitrogens with zero attached hydrogens (tertiary/aromatic N) is 2. The summed E-state index contributed by atoms with van der Waals surface area (Å²) < 4.78 is 5.22. The molecule has 0 radical (unpaired) electrons. The molecule has 3 heteroatoms. The van der Waals surface area contributed by atoms with Gasteiger partial charge in [-0.05, 0) is 12.1 Å². The van der Waals surface area contributed by atoms with Crippen LogP contribution < -0.4 is 0 Å². The van der Waals surface area contributed by atoms with Gasteiger partial charge in [-0.3, -0.25) is 4.98 Å². The molecule has 0 atom stereocenters. The van der Waals surface area contributed by atoms with E-state index in [-0.39, 0.29) is 0 Å². The van der Waals surface area contributed by atoms with E-state index in [1.54, 1.807) is 6.20 Å². The Morgan fingerprint density at radius 3 is 2.92 bits per heavy atom. The Morgan fingerprint density at radius 1 is 1.31 bits per heavy atom. The number of aromatic nitrogens is 2. The molecule has 2 aromatic heterocycles. The zero-order chi connectivity index (χ0) is 9.10. The third-order valence-corrected chi connectivity index (χ3v) is 1.87. The van der Waals surface area contributed by atoms with E-state index in [2.05, 4.69) is 9.97 Å². The van der Waals surface area contributed by atoms with Gasteiger partial charge in [0, 0.05) is 12.6 Å². The summed E-state index contributed by atoms with van der Waals surface area (Å²) in [4.78, 5) is 8.34. The molecule has 0 aliphatic rings. The molecular formula is C10H10N2O. The van der Waals surface area contributed by atoms with Crippen LogP contribution in [-0.2, 0) is 6.42 Å². The molecule has 0 aliphatic heterocycles. The van der Waals surface area contributed by atoms with Crippen molar-refractivity contribution in [2.75, 3.05) is 0 Å². The van der Waals surface area contributed by atoms with Crippen LogP contribution >= 0.6 is 0 Å². The second kappa shape index (κ2) is 3.39. The van der Waals surface area contributed by atoms with Crippen LogP contribution in [0.15, 0.2) is 35.2 Å². The SMILES string of the molecule is CCc1ocnc1-c1ccccn1. The zero-order valence-electron chi connectivity index (χ0n) is 7.40. The van der Waals surface area contributed by atoms with Crippen molar-refractivity contribution in [1.29, 1.82) is 0 Å². The van der Waals surface area contributed by atoms with Crippen LogP contribution in [-0.4, -0.2) is 9.97 Å². The quantitative estimate of drug-likeness (QED) is 0.701. The Balaban J connectivity index is 2.47. The van der Waals surface area contributed by atoms with Crippen LogP contribution in [0.3, 0.4) is 0 Å². The van der Waals surface area contributed by atoms with Gasteiger partial charge in [0.2, 0.25) is 0 Å². The first kappa shape index (κ1) is 7.98. The second-order valence-corrected chi connectivity index (χ2v) is 2.69. The van der Waals surface area contributed by atoms with Gasteiger partial charge in [0.25, 0.3) is 0 Å². The van der Waals surface area contributed by atoms with E-state index in [0.29, 0.717) is 0 Å². The van der Waals surface area contributed by atoms with Crippen LogP contribution in [0.2, 0.25) is 0 Å². The van der Waals surface area contributed by atoms with E-state index >= 15 is 0 Å². The fourth-order valence-corrected chi connectivity index (χ4v) is 1.23. The molecule has 0 saturated carbocycles. The summed E-state index contributed by atoms with van der Waals surface area (Å²) in [7, 11) is 0. The molecule has 13 heavy (non-hydrogen) atoms. The summed E-state index contributed by atoms with van der Waals surface area (Å²) >= 11 is 0. The van der Waals surface area contributed by atoms with Crippen LogP contribution in [0.5, 0.6) is 0 Å². The minimum absolute atomic E-state index is 0.839. The number of oxazole rings is 1. The minimum atomic E-state index is 0.839. The number of pyridine rings is 1. The molecule has 2 rings (SSSR count). The minimum Gasteiger partial charge on any atom is -0.448 e. The van der Waals surface area contributed by atoms with Crippen molar-refractivity contribution in [3.05, 3.63) is 36.5 Å². The number of hydrogen-bond acceptors (Lipinski definition) is 3. The van der Waals surface area contributed by atoms with E-state index in [9.17, 15) is 0 Å². The Hall–Kier alpha value is -1.64. The van der Waals surface area contributed by atoms with Gasteiger partial charge in [0.1, 0.15) is 11.5 Å². The number of rotatable bonds is 2. The second-order valence-electron chi connectivity index (χ2n) is 2.69. The topological polar surface area (TPSA) is 38.9 Å². The van der Waals surface area contributed by atoms with Crippen LogP contribution in [0.4, 0.5) is 0 Å². The summed E-state index contributed by atoms with van der Waals surface area (Å²) in [6.45, 7) is 2.03. The first-order valence-corrected chi connectivity index (χ1v) is 4.25. The van der Waals surface area contributed by atoms with Gasteiger partial charge in [-0.15, -0.1) is 0 Å². The van der Waals surface area contributed by atoms with E-state index in [1.807, 2.05) is 25.1 Å². The molecule has 0 saturated heterocycles. The average Bonchev–Trinajstić information content (AvgIpc) is 2.67. The lowest BCUT2D eigenvalue weighted by molar-refractivity contribution is 0.510. The van der Waals surface area contributed by atoms with Gasteiger partial charge in [0.15, 0.2) is 6.39 Å². The summed E-state index contributed by atoms with van der Waals surface area (Å²) in [5.74, 6) is 0.888. The molecule has 0 spiro atoms. The lowest BCUT2D eigenvalue weighted by atomic mass is 10.2. The lowest BCUT2D eigenvalue weighted by Crippen LogP contribution is -1.86. The highest BCUT2D eigenvalue weighted by Gasteiger charge is 2.08. The Labute approximate surface area is 76.5 Å². The molecule has 0 aliphatic carbocycles. The van der Waals surface area contributed by atoms with Crippen molar-refractivity contribution in [2.24, 2.45) is 0 Å². The van der Waals surface area contributed by atoms with Crippen molar-refractivity contribution in [3.63, 3.8) is 0 Å². The highest BCUT2D eigenvalue weighted by atomic mass is 16.3. The molecule has 0 bridgehead atoms. The third kappa shape index (κ3) is 1.45. The number of aryl methyl sites for hydroxylation is 1. The molecule has 66 valence electrons. The summed E-state index contributed by atoms with van der Waals surface area (Å²) in [6.07, 6.45) is 4.05. The predicted octanol–water partition coefficient (Wildman–Crippen LogP) is 2.30. The maximum Gasteiger partial charge on any atom is 0.181 e.